The van der Waals surface area contributed by atoms with E-state index in [1.807, 2.05) is 13.0 Å². The number of carbonyl (C=O) groups excluding carboxylic acids is 1. The van der Waals surface area contributed by atoms with Gasteiger partial charge in [-0.3, -0.25) is 4.79 Å². The molecular formula is C17H27ClN2O3S. The van der Waals surface area contributed by atoms with E-state index in [1.54, 1.807) is 19.1 Å². The zero-order chi connectivity index (χ0) is 17.1. The Morgan fingerprint density at radius 3 is 2.46 bits per heavy atom. The van der Waals surface area contributed by atoms with Crippen molar-refractivity contribution in [1.29, 1.82) is 0 Å². The summed E-state index contributed by atoms with van der Waals surface area (Å²) in [5, 5.41) is 2.78. The average Bonchev–Trinajstić information content (AvgIpc) is 3.01. The smallest absolute Gasteiger partial charge is 0.241 e. The molecular weight excluding hydrogens is 348 g/mol. The molecule has 3 N–H and O–H groups in total. The van der Waals surface area contributed by atoms with Crippen molar-refractivity contribution in [2.75, 3.05) is 13.1 Å². The molecule has 0 radical (unpaired) electrons. The summed E-state index contributed by atoms with van der Waals surface area (Å²) in [6.07, 6.45) is 2.93. The fraction of sp³-hybridized carbons (Fsp3) is 0.588. The molecule has 24 heavy (non-hydrogen) atoms. The summed E-state index contributed by atoms with van der Waals surface area (Å²) in [5.74, 6) is -0.371. The fourth-order valence-electron chi connectivity index (χ4n) is 3.24. The topological polar surface area (TPSA) is 89.3 Å². The van der Waals surface area contributed by atoms with Crippen LogP contribution in [0.5, 0.6) is 0 Å². The molecule has 7 heteroatoms. The second-order valence-electron chi connectivity index (χ2n) is 6.37. The Kier molecular flexibility index (Phi) is 7.25. The van der Waals surface area contributed by atoms with E-state index in [2.05, 4.69) is 5.32 Å². The van der Waals surface area contributed by atoms with Gasteiger partial charge in [0, 0.05) is 6.54 Å². The van der Waals surface area contributed by atoms with E-state index in [9.17, 15) is 13.2 Å². The Labute approximate surface area is 150 Å². The molecule has 0 spiro atoms. The number of carbonyl (C=O) groups is 1. The van der Waals surface area contributed by atoms with Crippen LogP contribution in [0.1, 0.15) is 43.2 Å². The van der Waals surface area contributed by atoms with E-state index in [0.717, 1.165) is 18.4 Å². The Morgan fingerprint density at radius 2 is 1.88 bits per heavy atom. The molecule has 2 rings (SSSR count). The molecule has 0 bridgehead atoms. The molecule has 1 aromatic carbocycles. The van der Waals surface area contributed by atoms with E-state index < -0.39 is 14.6 Å². The minimum absolute atomic E-state index is 0. The van der Waals surface area contributed by atoms with Crippen LogP contribution in [-0.4, -0.2) is 32.2 Å². The summed E-state index contributed by atoms with van der Waals surface area (Å²) in [6.45, 7) is 4.53. The van der Waals surface area contributed by atoms with E-state index >= 15 is 0 Å². The highest BCUT2D eigenvalue weighted by Crippen LogP contribution is 2.41. The predicted octanol–water partition coefficient (Wildman–Crippen LogP) is 2.28. The zero-order valence-corrected chi connectivity index (χ0v) is 15.9. The van der Waals surface area contributed by atoms with Crippen molar-refractivity contribution in [3.05, 3.63) is 29.3 Å². The summed E-state index contributed by atoms with van der Waals surface area (Å²) >= 11 is 0. The molecule has 136 valence electrons. The number of rotatable bonds is 6. The van der Waals surface area contributed by atoms with Crippen LogP contribution in [0.15, 0.2) is 23.1 Å². The van der Waals surface area contributed by atoms with Gasteiger partial charge in [-0.2, -0.15) is 0 Å². The maximum atomic E-state index is 13.3. The third-order valence-electron chi connectivity index (χ3n) is 4.64. The molecule has 0 atom stereocenters. The Balaban J connectivity index is 0.00000288. The third-order valence-corrected chi connectivity index (χ3v) is 7.28. The van der Waals surface area contributed by atoms with Gasteiger partial charge in [0.15, 0.2) is 14.6 Å². The Bertz CT molecular complexity index is 683. The highest BCUT2D eigenvalue weighted by Gasteiger charge is 2.53. The molecule has 1 aliphatic carbocycles. The predicted molar refractivity (Wildman–Crippen MR) is 98.2 cm³/mol. The highest BCUT2D eigenvalue weighted by atomic mass is 35.5. The fourth-order valence-corrected chi connectivity index (χ4v) is 5.63. The number of aryl methyl sites for hydroxylation is 2. The average molecular weight is 375 g/mol. The van der Waals surface area contributed by atoms with Gasteiger partial charge in [-0.15, -0.1) is 12.4 Å². The van der Waals surface area contributed by atoms with Crippen molar-refractivity contribution in [3.63, 3.8) is 0 Å². The lowest BCUT2D eigenvalue weighted by molar-refractivity contribution is -0.123. The molecule has 1 amide bonds. The van der Waals surface area contributed by atoms with Crippen LogP contribution < -0.4 is 11.1 Å². The summed E-state index contributed by atoms with van der Waals surface area (Å²) in [6, 6.07) is 5.37. The number of nitrogens with two attached hydrogens (primary N) is 1. The third kappa shape index (κ3) is 3.76. The van der Waals surface area contributed by atoms with Crippen LogP contribution in [0.3, 0.4) is 0 Å². The van der Waals surface area contributed by atoms with Gasteiger partial charge in [0.25, 0.3) is 0 Å². The van der Waals surface area contributed by atoms with Gasteiger partial charge in [0.1, 0.15) is 0 Å². The number of halogens is 1. The molecule has 0 heterocycles. The Hall–Kier alpha value is -1.11. The van der Waals surface area contributed by atoms with Gasteiger partial charge in [0.2, 0.25) is 5.91 Å². The lowest BCUT2D eigenvalue weighted by Crippen LogP contribution is -2.51. The second kappa shape index (κ2) is 8.32. The number of benzene rings is 1. The van der Waals surface area contributed by atoms with Crippen LogP contribution >= 0.6 is 12.4 Å². The SMILES string of the molecule is Cc1ccc(C)c(S(=O)(=O)C2(C(=O)NCCCN)CCCC2)c1.Cl. The molecule has 0 aliphatic heterocycles. The van der Waals surface area contributed by atoms with Gasteiger partial charge >= 0.3 is 0 Å². The lowest BCUT2D eigenvalue weighted by atomic mass is 10.1. The Morgan fingerprint density at radius 1 is 1.25 bits per heavy atom. The van der Waals surface area contributed by atoms with Gasteiger partial charge < -0.3 is 11.1 Å². The van der Waals surface area contributed by atoms with Crippen molar-refractivity contribution in [2.45, 2.75) is 55.6 Å². The van der Waals surface area contributed by atoms with Gasteiger partial charge in [0.05, 0.1) is 4.90 Å². The number of nitrogens with one attached hydrogen (secondary N) is 1. The zero-order valence-electron chi connectivity index (χ0n) is 14.3. The molecule has 1 aliphatic rings. The first-order valence-corrected chi connectivity index (χ1v) is 9.64. The molecule has 1 saturated carbocycles. The van der Waals surface area contributed by atoms with Crippen molar-refractivity contribution in [3.8, 4) is 0 Å². The van der Waals surface area contributed by atoms with Crippen LogP contribution in [-0.2, 0) is 14.6 Å². The van der Waals surface area contributed by atoms with Crippen LogP contribution in [0.2, 0.25) is 0 Å². The summed E-state index contributed by atoms with van der Waals surface area (Å²) in [4.78, 5) is 13.0. The van der Waals surface area contributed by atoms with Crippen LogP contribution in [0.4, 0.5) is 0 Å². The van der Waals surface area contributed by atoms with Crippen molar-refractivity contribution >= 4 is 28.2 Å². The van der Waals surface area contributed by atoms with Crippen molar-refractivity contribution in [1.82, 2.24) is 5.32 Å². The second-order valence-corrected chi connectivity index (χ2v) is 8.60. The first kappa shape index (κ1) is 20.9. The van der Waals surface area contributed by atoms with E-state index in [0.29, 0.717) is 37.9 Å². The quantitative estimate of drug-likeness (QED) is 0.747. The lowest BCUT2D eigenvalue weighted by Gasteiger charge is -2.28. The molecule has 0 saturated heterocycles. The number of hydrogen-bond acceptors (Lipinski definition) is 4. The maximum Gasteiger partial charge on any atom is 0.241 e. The number of amides is 1. The normalized spacial score (nSPS) is 16.5. The molecule has 1 fully saturated rings. The molecule has 1 aromatic rings. The van der Waals surface area contributed by atoms with Crippen molar-refractivity contribution < 1.29 is 13.2 Å². The first-order chi connectivity index (χ1) is 10.8. The minimum Gasteiger partial charge on any atom is -0.355 e. The number of sulfone groups is 1. The first-order valence-electron chi connectivity index (χ1n) is 8.15. The molecule has 5 nitrogen and oxygen atoms in total. The van der Waals surface area contributed by atoms with E-state index in [-0.39, 0.29) is 23.2 Å². The minimum atomic E-state index is -3.73. The van der Waals surface area contributed by atoms with Crippen LogP contribution in [0.25, 0.3) is 0 Å². The van der Waals surface area contributed by atoms with E-state index in [1.165, 1.54) is 0 Å². The summed E-state index contributed by atoms with van der Waals surface area (Å²) in [7, 11) is -3.73. The van der Waals surface area contributed by atoms with Gasteiger partial charge in [-0.1, -0.05) is 25.0 Å². The monoisotopic (exact) mass is 374 g/mol. The summed E-state index contributed by atoms with van der Waals surface area (Å²) < 4.78 is 25.3. The number of hydrogen-bond donors (Lipinski definition) is 2. The van der Waals surface area contributed by atoms with Gasteiger partial charge in [-0.25, -0.2) is 8.42 Å². The highest BCUT2D eigenvalue weighted by molar-refractivity contribution is 7.93. The summed E-state index contributed by atoms with van der Waals surface area (Å²) in [5.41, 5.74) is 7.02. The standard InChI is InChI=1S/C17H26N2O3S.ClH/c1-13-6-7-14(2)15(12-13)23(21,22)17(8-3-4-9-17)16(20)19-11-5-10-18;/h6-7,12H,3-5,8-11,18H2,1-2H3,(H,19,20);1H. The largest absolute Gasteiger partial charge is 0.355 e. The van der Waals surface area contributed by atoms with E-state index in [4.69, 9.17) is 5.73 Å². The van der Waals surface area contributed by atoms with Crippen molar-refractivity contribution in [2.24, 2.45) is 5.73 Å². The molecule has 0 unspecified atom stereocenters. The molecule has 0 aromatic heterocycles. The van der Waals surface area contributed by atoms with Gasteiger partial charge in [-0.05, 0) is 56.8 Å². The van der Waals surface area contributed by atoms with Crippen LogP contribution in [0, 0.1) is 13.8 Å². The maximum absolute atomic E-state index is 13.3.